The van der Waals surface area contributed by atoms with E-state index in [1.54, 1.807) is 13.2 Å². The van der Waals surface area contributed by atoms with E-state index in [9.17, 15) is 4.79 Å². The van der Waals surface area contributed by atoms with E-state index in [1.165, 1.54) is 0 Å². The lowest BCUT2D eigenvalue weighted by Crippen LogP contribution is -2.34. The molecule has 20 heavy (non-hydrogen) atoms. The van der Waals surface area contributed by atoms with Crippen LogP contribution >= 0.6 is 0 Å². The zero-order chi connectivity index (χ0) is 15.0. The summed E-state index contributed by atoms with van der Waals surface area (Å²) in [6.45, 7) is 6.44. The molecule has 1 atom stereocenters. The molecule has 1 aromatic carbocycles. The predicted molar refractivity (Wildman–Crippen MR) is 83.7 cm³/mol. The topological polar surface area (TPSA) is 38.3 Å². The number of amides is 1. The summed E-state index contributed by atoms with van der Waals surface area (Å²) in [5.74, 6) is 1.37. The van der Waals surface area contributed by atoms with Gasteiger partial charge in [0.25, 0.3) is 0 Å². The highest BCUT2D eigenvalue weighted by atomic mass is 16.5. The van der Waals surface area contributed by atoms with Crippen molar-refractivity contribution in [3.8, 4) is 5.75 Å². The quantitative estimate of drug-likeness (QED) is 0.771. The molecule has 110 valence electrons. The third-order valence-electron chi connectivity index (χ3n) is 3.14. The number of hydrogen-bond donors (Lipinski definition) is 1. The number of hydrogen-bond acceptors (Lipinski definition) is 2. The first-order chi connectivity index (χ1) is 9.55. The van der Waals surface area contributed by atoms with Crippen molar-refractivity contribution in [2.45, 2.75) is 39.7 Å². The molecule has 0 saturated heterocycles. The second-order valence-corrected chi connectivity index (χ2v) is 5.35. The van der Waals surface area contributed by atoms with Crippen molar-refractivity contribution in [3.05, 3.63) is 35.9 Å². The largest absolute Gasteiger partial charge is 0.497 e. The summed E-state index contributed by atoms with van der Waals surface area (Å²) in [5.41, 5.74) is 0.984. The van der Waals surface area contributed by atoms with Gasteiger partial charge in [0.15, 0.2) is 0 Å². The first-order valence-electron chi connectivity index (χ1n) is 7.17. The zero-order valence-electron chi connectivity index (χ0n) is 12.8. The average Bonchev–Trinajstić information content (AvgIpc) is 2.44. The summed E-state index contributed by atoms with van der Waals surface area (Å²) in [6, 6.07) is 7.86. The highest BCUT2D eigenvalue weighted by Gasteiger charge is 2.09. The maximum atomic E-state index is 11.9. The maximum Gasteiger partial charge on any atom is 0.244 e. The van der Waals surface area contributed by atoms with Gasteiger partial charge < -0.3 is 10.1 Å². The maximum absolute atomic E-state index is 11.9. The van der Waals surface area contributed by atoms with Crippen molar-refractivity contribution in [2.75, 3.05) is 7.11 Å². The van der Waals surface area contributed by atoms with Crippen LogP contribution in [0, 0.1) is 5.92 Å². The standard InChI is InChI=1S/C17H25NO2/c1-5-15(12-13(2)3)18-17(19)11-8-14-6-9-16(20-4)10-7-14/h6-11,13,15H,5,12H2,1-4H3,(H,18,19)/b11-8+. The van der Waals surface area contributed by atoms with Gasteiger partial charge in [0, 0.05) is 12.1 Å². The Morgan fingerprint density at radius 3 is 2.45 bits per heavy atom. The molecule has 1 amide bonds. The van der Waals surface area contributed by atoms with E-state index in [4.69, 9.17) is 4.74 Å². The van der Waals surface area contributed by atoms with E-state index in [2.05, 4.69) is 26.1 Å². The molecule has 0 radical (unpaired) electrons. The highest BCUT2D eigenvalue weighted by molar-refractivity contribution is 5.91. The summed E-state index contributed by atoms with van der Waals surface area (Å²) in [4.78, 5) is 11.9. The molecule has 0 aromatic heterocycles. The molecule has 0 aliphatic rings. The van der Waals surface area contributed by atoms with E-state index in [1.807, 2.05) is 30.3 Å². The monoisotopic (exact) mass is 275 g/mol. The number of carbonyl (C=O) groups is 1. The Balaban J connectivity index is 2.53. The van der Waals surface area contributed by atoms with Crippen LogP contribution in [-0.4, -0.2) is 19.1 Å². The Bertz CT molecular complexity index is 435. The Morgan fingerprint density at radius 2 is 1.95 bits per heavy atom. The molecular weight excluding hydrogens is 250 g/mol. The minimum Gasteiger partial charge on any atom is -0.497 e. The molecule has 0 aliphatic heterocycles. The number of carbonyl (C=O) groups excluding carboxylic acids is 1. The minimum atomic E-state index is -0.0340. The molecule has 1 rings (SSSR count). The fraction of sp³-hybridized carbons (Fsp3) is 0.471. The van der Waals surface area contributed by atoms with Crippen molar-refractivity contribution >= 4 is 12.0 Å². The summed E-state index contributed by atoms with van der Waals surface area (Å²) >= 11 is 0. The number of rotatable bonds is 7. The van der Waals surface area contributed by atoms with Crippen LogP contribution in [-0.2, 0) is 4.79 Å². The Labute approximate surface area is 122 Å². The fourth-order valence-corrected chi connectivity index (χ4v) is 2.03. The molecule has 0 bridgehead atoms. The lowest BCUT2D eigenvalue weighted by molar-refractivity contribution is -0.117. The third kappa shape index (κ3) is 5.91. The molecule has 1 N–H and O–H groups in total. The number of benzene rings is 1. The normalized spacial score (nSPS) is 12.7. The van der Waals surface area contributed by atoms with Crippen LogP contribution in [0.3, 0.4) is 0 Å². The van der Waals surface area contributed by atoms with Crippen LogP contribution in [0.4, 0.5) is 0 Å². The van der Waals surface area contributed by atoms with Gasteiger partial charge in [0.05, 0.1) is 7.11 Å². The second-order valence-electron chi connectivity index (χ2n) is 5.35. The summed E-state index contributed by atoms with van der Waals surface area (Å²) in [7, 11) is 1.64. The van der Waals surface area contributed by atoms with E-state index in [0.29, 0.717) is 5.92 Å². The van der Waals surface area contributed by atoms with Crippen LogP contribution in [0.2, 0.25) is 0 Å². The molecule has 1 unspecified atom stereocenters. The van der Waals surface area contributed by atoms with Crippen molar-refractivity contribution in [2.24, 2.45) is 5.92 Å². The Kier molecular flexibility index (Phi) is 6.85. The number of methoxy groups -OCH3 is 1. The lowest BCUT2D eigenvalue weighted by atomic mass is 10.0. The molecule has 0 heterocycles. The molecule has 3 heteroatoms. The van der Waals surface area contributed by atoms with Gasteiger partial charge in [-0.3, -0.25) is 4.79 Å². The van der Waals surface area contributed by atoms with E-state index >= 15 is 0 Å². The lowest BCUT2D eigenvalue weighted by Gasteiger charge is -2.17. The van der Waals surface area contributed by atoms with Gasteiger partial charge in [0.2, 0.25) is 5.91 Å². The van der Waals surface area contributed by atoms with Crippen LogP contribution < -0.4 is 10.1 Å². The predicted octanol–water partition coefficient (Wildman–Crippen LogP) is 3.65. The van der Waals surface area contributed by atoms with Gasteiger partial charge in [-0.2, -0.15) is 0 Å². The van der Waals surface area contributed by atoms with Gasteiger partial charge >= 0.3 is 0 Å². The third-order valence-corrected chi connectivity index (χ3v) is 3.14. The van der Waals surface area contributed by atoms with E-state index < -0.39 is 0 Å². The van der Waals surface area contributed by atoms with Crippen molar-refractivity contribution in [1.82, 2.24) is 5.32 Å². The van der Waals surface area contributed by atoms with Gasteiger partial charge in [-0.05, 0) is 42.5 Å². The smallest absolute Gasteiger partial charge is 0.244 e. The Morgan fingerprint density at radius 1 is 1.30 bits per heavy atom. The Hall–Kier alpha value is -1.77. The van der Waals surface area contributed by atoms with Gasteiger partial charge in [-0.15, -0.1) is 0 Å². The van der Waals surface area contributed by atoms with Crippen LogP contribution in [0.15, 0.2) is 30.3 Å². The molecular formula is C17H25NO2. The average molecular weight is 275 g/mol. The fourth-order valence-electron chi connectivity index (χ4n) is 2.03. The minimum absolute atomic E-state index is 0.0340. The number of nitrogens with one attached hydrogen (secondary N) is 1. The van der Waals surface area contributed by atoms with Crippen molar-refractivity contribution in [3.63, 3.8) is 0 Å². The van der Waals surface area contributed by atoms with Crippen LogP contribution in [0.25, 0.3) is 6.08 Å². The molecule has 0 aliphatic carbocycles. The zero-order valence-corrected chi connectivity index (χ0v) is 12.8. The van der Waals surface area contributed by atoms with E-state index in [-0.39, 0.29) is 11.9 Å². The van der Waals surface area contributed by atoms with E-state index in [0.717, 1.165) is 24.2 Å². The van der Waals surface area contributed by atoms with Gasteiger partial charge in [0.1, 0.15) is 5.75 Å². The molecule has 1 aromatic rings. The highest BCUT2D eigenvalue weighted by Crippen LogP contribution is 2.12. The van der Waals surface area contributed by atoms with Crippen LogP contribution in [0.5, 0.6) is 5.75 Å². The summed E-state index contributed by atoms with van der Waals surface area (Å²) in [5, 5.41) is 3.04. The molecule has 0 spiro atoms. The molecule has 3 nitrogen and oxygen atoms in total. The first-order valence-corrected chi connectivity index (χ1v) is 7.17. The van der Waals surface area contributed by atoms with Gasteiger partial charge in [-0.1, -0.05) is 32.9 Å². The second kappa shape index (κ2) is 8.41. The summed E-state index contributed by atoms with van der Waals surface area (Å²) < 4.78 is 5.10. The molecule has 0 saturated carbocycles. The summed E-state index contributed by atoms with van der Waals surface area (Å²) in [6.07, 6.45) is 5.38. The first kappa shape index (κ1) is 16.3. The van der Waals surface area contributed by atoms with Crippen molar-refractivity contribution in [1.29, 1.82) is 0 Å². The van der Waals surface area contributed by atoms with Crippen LogP contribution in [0.1, 0.15) is 39.2 Å². The SMILES string of the molecule is CCC(CC(C)C)NC(=O)/C=C/c1ccc(OC)cc1. The number of ether oxygens (including phenoxy) is 1. The molecule has 0 fully saturated rings. The van der Waals surface area contributed by atoms with Gasteiger partial charge in [-0.25, -0.2) is 0 Å². The van der Waals surface area contributed by atoms with Crippen molar-refractivity contribution < 1.29 is 9.53 Å².